The van der Waals surface area contributed by atoms with Crippen LogP contribution in [0.3, 0.4) is 0 Å². The Morgan fingerprint density at radius 1 is 1.62 bits per heavy atom. The van der Waals surface area contributed by atoms with Gasteiger partial charge in [-0.2, -0.15) is 0 Å². The second kappa shape index (κ2) is 6.97. The monoisotopic (exact) mass is 358 g/mol. The smallest absolute Gasteiger partial charge is 0.336 e. The first-order valence-corrected chi connectivity index (χ1v) is 7.15. The van der Waals surface area contributed by atoms with Gasteiger partial charge in [-0.15, -0.1) is 0 Å². The van der Waals surface area contributed by atoms with Crippen molar-refractivity contribution in [3.63, 3.8) is 0 Å². The summed E-state index contributed by atoms with van der Waals surface area (Å²) in [6, 6.07) is 4.66. The third-order valence-corrected chi connectivity index (χ3v) is 3.99. The molecule has 1 atom stereocenters. The van der Waals surface area contributed by atoms with Crippen molar-refractivity contribution in [2.45, 2.75) is 12.6 Å². The van der Waals surface area contributed by atoms with Gasteiger partial charge >= 0.3 is 5.97 Å². The normalized spacial score (nSPS) is 19.2. The molecule has 0 N–H and O–H groups in total. The molecule has 1 aromatic carbocycles. The molecule has 0 aliphatic carbocycles. The van der Waals surface area contributed by atoms with Gasteiger partial charge in [0.2, 0.25) is 0 Å². The molecule has 0 aromatic heterocycles. The summed E-state index contributed by atoms with van der Waals surface area (Å²) in [6.45, 7) is 2.16. The summed E-state index contributed by atoms with van der Waals surface area (Å²) in [4.78, 5) is 23.8. The first-order valence-electron chi connectivity index (χ1n) is 6.36. The van der Waals surface area contributed by atoms with Crippen molar-refractivity contribution in [3.05, 3.63) is 38.3 Å². The molecule has 0 saturated carbocycles. The zero-order chi connectivity index (χ0) is 15.4. The number of morpholine rings is 1. The fourth-order valence-electron chi connectivity index (χ4n) is 2.14. The van der Waals surface area contributed by atoms with Crippen LogP contribution in [0.15, 0.2) is 22.7 Å². The van der Waals surface area contributed by atoms with Crippen molar-refractivity contribution in [1.82, 2.24) is 4.90 Å². The number of nitro groups is 1. The van der Waals surface area contributed by atoms with Crippen molar-refractivity contribution >= 4 is 27.6 Å². The van der Waals surface area contributed by atoms with Gasteiger partial charge in [0.15, 0.2) is 6.10 Å². The van der Waals surface area contributed by atoms with Crippen LogP contribution in [-0.2, 0) is 20.8 Å². The molecular weight excluding hydrogens is 344 g/mol. The Bertz CT molecular complexity index is 551. The maximum atomic E-state index is 11.5. The Morgan fingerprint density at radius 3 is 3.00 bits per heavy atom. The van der Waals surface area contributed by atoms with Gasteiger partial charge < -0.3 is 9.47 Å². The number of methoxy groups -OCH3 is 1. The van der Waals surface area contributed by atoms with E-state index in [1.165, 1.54) is 19.2 Å². The van der Waals surface area contributed by atoms with E-state index < -0.39 is 11.0 Å². The molecule has 0 bridgehead atoms. The lowest BCUT2D eigenvalue weighted by Crippen LogP contribution is -2.46. The van der Waals surface area contributed by atoms with Gasteiger partial charge in [0.25, 0.3) is 5.69 Å². The number of hydrogen-bond donors (Lipinski definition) is 0. The lowest BCUT2D eigenvalue weighted by molar-refractivity contribution is -0.384. The number of nitrogens with zero attached hydrogens (tertiary/aromatic N) is 2. The molecule has 2 rings (SSSR count). The summed E-state index contributed by atoms with van der Waals surface area (Å²) in [5, 5.41) is 10.7. The van der Waals surface area contributed by atoms with Crippen LogP contribution in [0.4, 0.5) is 5.69 Å². The molecular formula is C13H15BrN2O5. The van der Waals surface area contributed by atoms with Crippen LogP contribution in [0.5, 0.6) is 0 Å². The lowest BCUT2D eigenvalue weighted by atomic mass is 10.1. The van der Waals surface area contributed by atoms with Gasteiger partial charge in [-0.25, -0.2) is 4.79 Å². The van der Waals surface area contributed by atoms with Crippen LogP contribution >= 0.6 is 15.9 Å². The molecule has 0 radical (unpaired) electrons. The van der Waals surface area contributed by atoms with Crippen LogP contribution in [0.2, 0.25) is 0 Å². The molecule has 0 amide bonds. The molecule has 21 heavy (non-hydrogen) atoms. The molecule has 1 aromatic rings. The summed E-state index contributed by atoms with van der Waals surface area (Å²) < 4.78 is 10.7. The topological polar surface area (TPSA) is 81.9 Å². The molecule has 1 heterocycles. The number of carbonyl (C=O) groups excluding carboxylic acids is 1. The largest absolute Gasteiger partial charge is 0.467 e. The maximum absolute atomic E-state index is 11.5. The number of rotatable bonds is 4. The average molecular weight is 359 g/mol. The number of benzene rings is 1. The fourth-order valence-corrected chi connectivity index (χ4v) is 2.63. The van der Waals surface area contributed by atoms with E-state index >= 15 is 0 Å². The van der Waals surface area contributed by atoms with Gasteiger partial charge in [0.05, 0.1) is 18.6 Å². The van der Waals surface area contributed by atoms with Crippen molar-refractivity contribution in [2.24, 2.45) is 0 Å². The van der Waals surface area contributed by atoms with Crippen LogP contribution in [0, 0.1) is 10.1 Å². The molecule has 8 heteroatoms. The van der Waals surface area contributed by atoms with Crippen LogP contribution in [0.1, 0.15) is 5.56 Å². The summed E-state index contributed by atoms with van der Waals surface area (Å²) >= 11 is 3.35. The van der Waals surface area contributed by atoms with Gasteiger partial charge in [0, 0.05) is 36.2 Å². The van der Waals surface area contributed by atoms with Crippen molar-refractivity contribution in [3.8, 4) is 0 Å². The maximum Gasteiger partial charge on any atom is 0.336 e. The van der Waals surface area contributed by atoms with E-state index in [4.69, 9.17) is 4.74 Å². The van der Waals surface area contributed by atoms with E-state index in [0.29, 0.717) is 30.7 Å². The van der Waals surface area contributed by atoms with Crippen LogP contribution in [-0.4, -0.2) is 48.7 Å². The number of carbonyl (C=O) groups is 1. The zero-order valence-corrected chi connectivity index (χ0v) is 13.0. The van der Waals surface area contributed by atoms with E-state index in [1.807, 2.05) is 0 Å². The first kappa shape index (κ1) is 15.9. The molecule has 1 aliphatic heterocycles. The fraction of sp³-hybridized carbons (Fsp3) is 0.462. The van der Waals surface area contributed by atoms with Gasteiger partial charge in [-0.1, -0.05) is 15.9 Å². The minimum atomic E-state index is -0.583. The van der Waals surface area contributed by atoms with Crippen molar-refractivity contribution in [2.75, 3.05) is 26.8 Å². The molecule has 1 saturated heterocycles. The third-order valence-electron chi connectivity index (χ3n) is 3.26. The summed E-state index contributed by atoms with van der Waals surface area (Å²) in [5.41, 5.74) is 0.964. The van der Waals surface area contributed by atoms with E-state index in [0.717, 1.165) is 5.56 Å². The first-order chi connectivity index (χ1) is 10.0. The van der Waals surface area contributed by atoms with E-state index in [1.54, 1.807) is 6.07 Å². The molecule has 0 spiro atoms. The minimum Gasteiger partial charge on any atom is -0.467 e. The number of esters is 1. The van der Waals surface area contributed by atoms with E-state index in [9.17, 15) is 14.9 Å². The number of halogens is 1. The van der Waals surface area contributed by atoms with Crippen molar-refractivity contribution in [1.29, 1.82) is 0 Å². The molecule has 1 aliphatic rings. The highest BCUT2D eigenvalue weighted by molar-refractivity contribution is 9.10. The highest BCUT2D eigenvalue weighted by Gasteiger charge is 2.27. The summed E-state index contributed by atoms with van der Waals surface area (Å²) in [6.07, 6.45) is -0.583. The SMILES string of the molecule is COC(=O)C1CN(Cc2ccc([N+](=O)[O-])cc2Br)CCO1. The predicted octanol–water partition coefficient (Wildman–Crippen LogP) is 1.73. The summed E-state index contributed by atoms with van der Waals surface area (Å²) in [7, 11) is 1.33. The highest BCUT2D eigenvalue weighted by atomic mass is 79.9. The van der Waals surface area contributed by atoms with Gasteiger partial charge in [-0.05, 0) is 11.6 Å². The third kappa shape index (κ3) is 3.99. The Morgan fingerprint density at radius 2 is 2.38 bits per heavy atom. The Labute approximate surface area is 130 Å². The highest BCUT2D eigenvalue weighted by Crippen LogP contribution is 2.24. The van der Waals surface area contributed by atoms with Crippen molar-refractivity contribution < 1.29 is 19.2 Å². The second-order valence-electron chi connectivity index (χ2n) is 4.65. The molecule has 7 nitrogen and oxygen atoms in total. The van der Waals surface area contributed by atoms with Crippen LogP contribution in [0.25, 0.3) is 0 Å². The number of hydrogen-bond acceptors (Lipinski definition) is 6. The standard InChI is InChI=1S/C13H15BrN2O5/c1-20-13(17)12-8-15(4-5-21-12)7-9-2-3-10(16(18)19)6-11(9)14/h2-3,6,12H,4-5,7-8H2,1H3. The van der Waals surface area contributed by atoms with E-state index in [-0.39, 0.29) is 11.7 Å². The van der Waals surface area contributed by atoms with Gasteiger partial charge in [0.1, 0.15) is 0 Å². The van der Waals surface area contributed by atoms with Gasteiger partial charge in [-0.3, -0.25) is 15.0 Å². The second-order valence-corrected chi connectivity index (χ2v) is 5.50. The Hall–Kier alpha value is -1.51. The van der Waals surface area contributed by atoms with Crippen LogP contribution < -0.4 is 0 Å². The number of nitro benzene ring substituents is 1. The Balaban J connectivity index is 2.04. The Kier molecular flexibility index (Phi) is 5.27. The molecule has 114 valence electrons. The zero-order valence-electron chi connectivity index (χ0n) is 11.5. The molecule has 1 unspecified atom stereocenters. The average Bonchev–Trinajstić information content (AvgIpc) is 2.48. The quantitative estimate of drug-likeness (QED) is 0.463. The number of non-ortho nitro benzene ring substituents is 1. The van der Waals surface area contributed by atoms with E-state index in [2.05, 4.69) is 25.6 Å². The number of ether oxygens (including phenoxy) is 2. The molecule has 1 fully saturated rings. The summed E-state index contributed by atoms with van der Waals surface area (Å²) in [5.74, 6) is -0.387. The lowest BCUT2D eigenvalue weighted by Gasteiger charge is -2.31. The minimum absolute atomic E-state index is 0.0417. The predicted molar refractivity (Wildman–Crippen MR) is 77.8 cm³/mol.